The number of unbranched alkanes of at least 4 members (excludes halogenated alkanes) is 1. The lowest BCUT2D eigenvalue weighted by atomic mass is 10.0. The molecule has 0 heterocycles. The van der Waals surface area contributed by atoms with Crippen molar-refractivity contribution in [2.45, 2.75) is 25.3 Å². The summed E-state index contributed by atoms with van der Waals surface area (Å²) in [5, 5.41) is 9.37. The van der Waals surface area contributed by atoms with Crippen LogP contribution in [-0.2, 0) is 0 Å². The van der Waals surface area contributed by atoms with Crippen LogP contribution in [0.4, 0.5) is 0 Å². The molecule has 0 saturated carbocycles. The Morgan fingerprint density at radius 3 is 2.30 bits per heavy atom. The first-order chi connectivity index (χ1) is 11.3. The fourth-order valence-corrected chi connectivity index (χ4v) is 2.67. The number of nitrogens with two attached hydrogens (primary N) is 2. The number of hydrogen-bond acceptors (Lipinski definition) is 4. The largest absolute Gasteiger partial charge is 0.330 e. The van der Waals surface area contributed by atoms with E-state index < -0.39 is 0 Å². The second-order valence-corrected chi connectivity index (χ2v) is 6.02. The van der Waals surface area contributed by atoms with Gasteiger partial charge in [0.05, 0.1) is 0 Å². The standard InChI is InChI=1S/C19H30N4/c20-10-5-13-22-11-3-4-12-23-15-19(21)18-9-8-16-6-1-2-7-17(16)14-18/h1-2,6-9,14,19,22-23H,3-5,10-13,15,20-21H2. The van der Waals surface area contributed by atoms with Crippen molar-refractivity contribution in [2.75, 3.05) is 32.7 Å². The molecule has 0 aromatic heterocycles. The predicted molar refractivity (Wildman–Crippen MR) is 99.5 cm³/mol. The van der Waals surface area contributed by atoms with E-state index in [1.54, 1.807) is 0 Å². The van der Waals surface area contributed by atoms with Gasteiger partial charge in [0.15, 0.2) is 0 Å². The van der Waals surface area contributed by atoms with Gasteiger partial charge in [0.1, 0.15) is 0 Å². The summed E-state index contributed by atoms with van der Waals surface area (Å²) >= 11 is 0. The topological polar surface area (TPSA) is 76.1 Å². The average Bonchev–Trinajstić information content (AvgIpc) is 2.59. The molecule has 0 radical (unpaired) electrons. The van der Waals surface area contributed by atoms with Crippen LogP contribution in [0, 0.1) is 0 Å². The van der Waals surface area contributed by atoms with Crippen molar-refractivity contribution in [3.05, 3.63) is 48.0 Å². The normalized spacial score (nSPS) is 12.6. The minimum atomic E-state index is 0.0438. The van der Waals surface area contributed by atoms with Crippen molar-refractivity contribution in [3.8, 4) is 0 Å². The minimum absolute atomic E-state index is 0.0438. The zero-order valence-corrected chi connectivity index (χ0v) is 13.9. The van der Waals surface area contributed by atoms with Gasteiger partial charge in [0.2, 0.25) is 0 Å². The van der Waals surface area contributed by atoms with E-state index in [1.165, 1.54) is 29.2 Å². The van der Waals surface area contributed by atoms with E-state index in [0.717, 1.165) is 39.1 Å². The summed E-state index contributed by atoms with van der Waals surface area (Å²) in [5.74, 6) is 0. The summed E-state index contributed by atoms with van der Waals surface area (Å²) in [6, 6.07) is 14.9. The molecule has 0 amide bonds. The second kappa shape index (κ2) is 10.3. The Kier molecular flexibility index (Phi) is 8.04. The zero-order chi connectivity index (χ0) is 16.3. The van der Waals surface area contributed by atoms with Gasteiger partial charge in [0, 0.05) is 12.6 Å². The van der Waals surface area contributed by atoms with Gasteiger partial charge >= 0.3 is 0 Å². The molecule has 1 atom stereocenters. The fraction of sp³-hybridized carbons (Fsp3) is 0.474. The number of benzene rings is 2. The molecule has 2 aromatic carbocycles. The van der Waals surface area contributed by atoms with Crippen LogP contribution in [0.25, 0.3) is 10.8 Å². The van der Waals surface area contributed by atoms with Crippen LogP contribution in [0.3, 0.4) is 0 Å². The molecule has 0 saturated heterocycles. The minimum Gasteiger partial charge on any atom is -0.330 e. The number of rotatable bonds is 11. The van der Waals surface area contributed by atoms with Crippen molar-refractivity contribution in [1.82, 2.24) is 10.6 Å². The summed E-state index contributed by atoms with van der Waals surface area (Å²) in [6.07, 6.45) is 3.40. The maximum Gasteiger partial charge on any atom is 0.0421 e. The molecule has 2 aromatic rings. The highest BCUT2D eigenvalue weighted by atomic mass is 14.9. The molecule has 0 fully saturated rings. The van der Waals surface area contributed by atoms with Gasteiger partial charge in [-0.25, -0.2) is 0 Å². The molecule has 0 bridgehead atoms. The number of hydrogen-bond donors (Lipinski definition) is 4. The molecule has 0 aliphatic heterocycles. The molecule has 4 nitrogen and oxygen atoms in total. The molecule has 6 N–H and O–H groups in total. The lowest BCUT2D eigenvalue weighted by Gasteiger charge is -2.14. The van der Waals surface area contributed by atoms with E-state index in [4.69, 9.17) is 11.5 Å². The number of nitrogens with one attached hydrogen (secondary N) is 2. The Balaban J connectivity index is 1.63. The van der Waals surface area contributed by atoms with Crippen molar-refractivity contribution in [2.24, 2.45) is 11.5 Å². The monoisotopic (exact) mass is 314 g/mol. The molecular weight excluding hydrogens is 284 g/mol. The van der Waals surface area contributed by atoms with E-state index in [2.05, 4.69) is 53.1 Å². The van der Waals surface area contributed by atoms with E-state index >= 15 is 0 Å². The quantitative estimate of drug-likeness (QED) is 0.479. The third-order valence-corrected chi connectivity index (χ3v) is 4.08. The molecule has 0 spiro atoms. The third-order valence-electron chi connectivity index (χ3n) is 4.08. The summed E-state index contributed by atoms with van der Waals surface area (Å²) in [6.45, 7) is 4.69. The summed E-state index contributed by atoms with van der Waals surface area (Å²) in [5.41, 5.74) is 12.9. The molecule has 23 heavy (non-hydrogen) atoms. The van der Waals surface area contributed by atoms with Gasteiger partial charge in [-0.3, -0.25) is 0 Å². The maximum absolute atomic E-state index is 6.30. The first-order valence-electron chi connectivity index (χ1n) is 8.67. The lowest BCUT2D eigenvalue weighted by molar-refractivity contribution is 0.551. The Labute approximate surface area is 139 Å². The van der Waals surface area contributed by atoms with E-state index in [9.17, 15) is 0 Å². The van der Waals surface area contributed by atoms with Gasteiger partial charge < -0.3 is 22.1 Å². The first-order valence-corrected chi connectivity index (χ1v) is 8.67. The highest BCUT2D eigenvalue weighted by Crippen LogP contribution is 2.18. The molecule has 2 rings (SSSR count). The van der Waals surface area contributed by atoms with E-state index in [1.807, 2.05) is 0 Å². The summed E-state index contributed by atoms with van der Waals surface area (Å²) < 4.78 is 0. The zero-order valence-electron chi connectivity index (χ0n) is 13.9. The molecule has 126 valence electrons. The first kappa shape index (κ1) is 17.9. The van der Waals surface area contributed by atoms with Crippen LogP contribution >= 0.6 is 0 Å². The molecule has 4 heteroatoms. The van der Waals surface area contributed by atoms with Gasteiger partial charge in [-0.05, 0) is 67.8 Å². The highest BCUT2D eigenvalue weighted by Gasteiger charge is 2.06. The smallest absolute Gasteiger partial charge is 0.0421 e. The lowest BCUT2D eigenvalue weighted by Crippen LogP contribution is -2.28. The molecule has 1 unspecified atom stereocenters. The van der Waals surface area contributed by atoms with Crippen LogP contribution < -0.4 is 22.1 Å². The van der Waals surface area contributed by atoms with Gasteiger partial charge in [0.25, 0.3) is 0 Å². The van der Waals surface area contributed by atoms with Gasteiger partial charge in [-0.2, -0.15) is 0 Å². The number of fused-ring (bicyclic) bond motifs is 1. The second-order valence-electron chi connectivity index (χ2n) is 6.02. The van der Waals surface area contributed by atoms with Crippen molar-refractivity contribution < 1.29 is 0 Å². The van der Waals surface area contributed by atoms with E-state index in [-0.39, 0.29) is 6.04 Å². The SMILES string of the molecule is NCCCNCCCCNCC(N)c1ccc2ccccc2c1. The summed E-state index contributed by atoms with van der Waals surface area (Å²) in [7, 11) is 0. The van der Waals surface area contributed by atoms with Crippen molar-refractivity contribution in [3.63, 3.8) is 0 Å². The Morgan fingerprint density at radius 2 is 1.52 bits per heavy atom. The Bertz CT molecular complexity index is 570. The predicted octanol–water partition coefficient (Wildman–Crippen LogP) is 2.15. The van der Waals surface area contributed by atoms with Crippen LogP contribution in [0.1, 0.15) is 30.9 Å². The van der Waals surface area contributed by atoms with Crippen LogP contribution in [0.2, 0.25) is 0 Å². The highest BCUT2D eigenvalue weighted by molar-refractivity contribution is 5.83. The fourth-order valence-electron chi connectivity index (χ4n) is 2.67. The van der Waals surface area contributed by atoms with Gasteiger partial charge in [-0.1, -0.05) is 36.4 Å². The molecular formula is C19H30N4. The van der Waals surface area contributed by atoms with Crippen LogP contribution in [0.15, 0.2) is 42.5 Å². The average molecular weight is 314 g/mol. The van der Waals surface area contributed by atoms with Crippen LogP contribution in [-0.4, -0.2) is 32.7 Å². The summed E-state index contributed by atoms with van der Waals surface area (Å²) in [4.78, 5) is 0. The van der Waals surface area contributed by atoms with Crippen molar-refractivity contribution >= 4 is 10.8 Å². The van der Waals surface area contributed by atoms with Crippen LogP contribution in [0.5, 0.6) is 0 Å². The Hall–Kier alpha value is -1.46. The maximum atomic E-state index is 6.30. The van der Waals surface area contributed by atoms with Gasteiger partial charge in [-0.15, -0.1) is 0 Å². The van der Waals surface area contributed by atoms with E-state index in [0.29, 0.717) is 0 Å². The molecule has 0 aliphatic rings. The molecule has 0 aliphatic carbocycles. The third kappa shape index (κ3) is 6.28. The van der Waals surface area contributed by atoms with Crippen molar-refractivity contribution in [1.29, 1.82) is 0 Å². The Morgan fingerprint density at radius 1 is 0.826 bits per heavy atom.